The maximum atomic E-state index is 14.2. The fourth-order valence-electron chi connectivity index (χ4n) is 4.68. The van der Waals surface area contributed by atoms with Crippen LogP contribution in [-0.4, -0.2) is 42.4 Å². The molecule has 0 spiro atoms. The van der Waals surface area contributed by atoms with Crippen molar-refractivity contribution in [3.8, 4) is 5.75 Å². The minimum absolute atomic E-state index is 0.000975. The van der Waals surface area contributed by atoms with E-state index in [-0.39, 0.29) is 43.9 Å². The molecule has 228 valence electrons. The summed E-state index contributed by atoms with van der Waals surface area (Å²) in [5.74, 6) is -2.27. The van der Waals surface area contributed by atoms with Crippen LogP contribution in [0.15, 0.2) is 97.3 Å². The van der Waals surface area contributed by atoms with Gasteiger partial charge in [0.15, 0.2) is 0 Å². The molecule has 3 amide bonds. The van der Waals surface area contributed by atoms with Gasteiger partial charge in [-0.25, -0.2) is 4.39 Å². The number of pyridine rings is 1. The lowest BCUT2D eigenvalue weighted by molar-refractivity contribution is -0.124. The highest BCUT2D eigenvalue weighted by atomic mass is 19.1. The number of ether oxygens (including phenoxy) is 1. The number of aromatic nitrogens is 1. The highest BCUT2D eigenvalue weighted by Crippen LogP contribution is 2.22. The molecule has 0 radical (unpaired) electrons. The number of rotatable bonds is 14. The summed E-state index contributed by atoms with van der Waals surface area (Å²) in [6.07, 6.45) is 3.04. The van der Waals surface area contributed by atoms with Gasteiger partial charge in [-0.15, -0.1) is 0 Å². The third-order valence-electron chi connectivity index (χ3n) is 7.12. The first-order valence-corrected chi connectivity index (χ1v) is 14.4. The average molecular weight is 598 g/mol. The molecular weight excluding hydrogens is 561 g/mol. The van der Waals surface area contributed by atoms with Crippen LogP contribution < -0.4 is 26.4 Å². The molecule has 0 unspecified atom stereocenters. The van der Waals surface area contributed by atoms with Crippen LogP contribution in [0.5, 0.6) is 5.75 Å². The lowest BCUT2D eigenvalue weighted by Gasteiger charge is -2.22. The Bertz CT molecular complexity index is 1530. The van der Waals surface area contributed by atoms with E-state index in [1.165, 1.54) is 18.5 Å². The van der Waals surface area contributed by atoms with Crippen molar-refractivity contribution >= 4 is 17.7 Å². The molecule has 0 fully saturated rings. The van der Waals surface area contributed by atoms with E-state index in [0.717, 1.165) is 0 Å². The first-order chi connectivity index (χ1) is 21.4. The average Bonchev–Trinajstić information content (AvgIpc) is 3.05. The molecule has 0 saturated carbocycles. The number of hydrogen-bond donors (Lipinski definition) is 4. The monoisotopic (exact) mass is 597 g/mol. The smallest absolute Gasteiger partial charge is 0.251 e. The summed E-state index contributed by atoms with van der Waals surface area (Å²) in [4.78, 5) is 43.7. The van der Waals surface area contributed by atoms with Gasteiger partial charge < -0.3 is 26.4 Å². The minimum atomic E-state index is -0.750. The fourth-order valence-corrected chi connectivity index (χ4v) is 4.68. The lowest BCUT2D eigenvalue weighted by Crippen LogP contribution is -2.41. The Morgan fingerprint density at radius 1 is 0.818 bits per heavy atom. The number of hydrogen-bond acceptors (Lipinski definition) is 6. The third-order valence-corrected chi connectivity index (χ3v) is 7.12. The summed E-state index contributed by atoms with van der Waals surface area (Å²) in [7, 11) is 0. The molecule has 4 aromatic rings. The zero-order valence-electron chi connectivity index (χ0n) is 24.5. The van der Waals surface area contributed by atoms with Gasteiger partial charge in [-0.3, -0.25) is 19.4 Å². The van der Waals surface area contributed by atoms with Crippen LogP contribution in [0.25, 0.3) is 0 Å². The van der Waals surface area contributed by atoms with Crippen molar-refractivity contribution < 1.29 is 23.5 Å². The van der Waals surface area contributed by atoms with Crippen molar-refractivity contribution in [3.05, 3.63) is 131 Å². The summed E-state index contributed by atoms with van der Waals surface area (Å²) >= 11 is 0. The van der Waals surface area contributed by atoms with E-state index in [2.05, 4.69) is 20.9 Å². The Kier molecular flexibility index (Phi) is 11.5. The number of carbonyl (C=O) groups is 3. The van der Waals surface area contributed by atoms with E-state index < -0.39 is 17.7 Å². The molecule has 44 heavy (non-hydrogen) atoms. The van der Waals surface area contributed by atoms with E-state index >= 15 is 0 Å². The van der Waals surface area contributed by atoms with Gasteiger partial charge in [-0.1, -0.05) is 54.6 Å². The van der Waals surface area contributed by atoms with Crippen LogP contribution in [0.3, 0.4) is 0 Å². The molecule has 4 rings (SSSR count). The SMILES string of the molecule is CCOc1ccc([C@@H](CNC(=O)c2ccncc2)C(=O)NC[C@H](C(=O)NCc2ccc(CN)c(F)c2)c2ccccc2)cc1. The topological polar surface area (TPSA) is 135 Å². The van der Waals surface area contributed by atoms with Crippen molar-refractivity contribution in [3.63, 3.8) is 0 Å². The Hall–Kier alpha value is -5.09. The first-order valence-electron chi connectivity index (χ1n) is 14.4. The second-order valence-corrected chi connectivity index (χ2v) is 10.1. The predicted octanol–water partition coefficient (Wildman–Crippen LogP) is 3.81. The van der Waals surface area contributed by atoms with E-state index in [1.54, 1.807) is 48.5 Å². The maximum Gasteiger partial charge on any atom is 0.251 e. The van der Waals surface area contributed by atoms with Crippen molar-refractivity contribution in [1.29, 1.82) is 0 Å². The standard InChI is InChI=1S/C34H36FN5O4/c1-2-44-28-12-10-25(11-13-28)30(21-39-32(41)26-14-16-37-17-15-26)34(43)40-22-29(24-6-4-3-5-7-24)33(42)38-20-23-8-9-27(19-36)31(35)18-23/h3-18,29-30H,2,19-22,36H2,1H3,(H,38,42)(H,39,41)(H,40,43)/t29-,30+/m0/s1. The summed E-state index contributed by atoms with van der Waals surface area (Å²) < 4.78 is 19.8. The highest BCUT2D eigenvalue weighted by molar-refractivity contribution is 5.94. The zero-order chi connectivity index (χ0) is 31.3. The van der Waals surface area contributed by atoms with Gasteiger partial charge >= 0.3 is 0 Å². The van der Waals surface area contributed by atoms with Gasteiger partial charge in [0, 0.05) is 49.7 Å². The molecule has 10 heteroatoms. The summed E-state index contributed by atoms with van der Waals surface area (Å²) in [5, 5.41) is 8.61. The van der Waals surface area contributed by atoms with Gasteiger partial charge in [-0.05, 0) is 53.9 Å². The second kappa shape index (κ2) is 15.9. The predicted molar refractivity (Wildman–Crippen MR) is 165 cm³/mol. The molecule has 1 aromatic heterocycles. The summed E-state index contributed by atoms with van der Waals surface area (Å²) in [6.45, 7) is 2.59. The van der Waals surface area contributed by atoms with Crippen molar-refractivity contribution in [1.82, 2.24) is 20.9 Å². The third kappa shape index (κ3) is 8.71. The van der Waals surface area contributed by atoms with Crippen molar-refractivity contribution in [2.75, 3.05) is 19.7 Å². The van der Waals surface area contributed by atoms with Crippen LogP contribution >= 0.6 is 0 Å². The van der Waals surface area contributed by atoms with Gasteiger partial charge in [0.05, 0.1) is 18.4 Å². The van der Waals surface area contributed by atoms with Crippen LogP contribution in [0.2, 0.25) is 0 Å². The van der Waals surface area contributed by atoms with E-state index in [1.807, 2.05) is 37.3 Å². The number of nitrogens with one attached hydrogen (secondary N) is 3. The zero-order valence-corrected chi connectivity index (χ0v) is 24.5. The number of benzene rings is 3. The minimum Gasteiger partial charge on any atom is -0.494 e. The molecule has 0 bridgehead atoms. The maximum absolute atomic E-state index is 14.2. The van der Waals surface area contributed by atoms with Gasteiger partial charge in [0.2, 0.25) is 11.8 Å². The number of nitrogens with two attached hydrogens (primary N) is 1. The van der Waals surface area contributed by atoms with Crippen LogP contribution in [0, 0.1) is 5.82 Å². The normalized spacial score (nSPS) is 12.1. The Labute approximate surface area is 256 Å². The molecule has 2 atom stereocenters. The molecule has 1 heterocycles. The number of halogens is 1. The van der Waals surface area contributed by atoms with Crippen molar-refractivity contribution in [2.45, 2.75) is 31.8 Å². The number of carbonyl (C=O) groups excluding carboxylic acids is 3. The summed E-state index contributed by atoms with van der Waals surface area (Å²) in [6, 6.07) is 24.0. The Morgan fingerprint density at radius 3 is 2.09 bits per heavy atom. The fraction of sp³-hybridized carbons (Fsp3) is 0.235. The largest absolute Gasteiger partial charge is 0.494 e. The lowest BCUT2D eigenvalue weighted by atomic mass is 9.95. The quantitative estimate of drug-likeness (QED) is 0.175. The summed E-state index contributed by atoms with van der Waals surface area (Å²) in [5.41, 5.74) is 8.33. The number of nitrogens with zero attached hydrogens (tertiary/aromatic N) is 1. The van der Waals surface area contributed by atoms with Crippen LogP contribution in [0.1, 0.15) is 51.4 Å². The highest BCUT2D eigenvalue weighted by Gasteiger charge is 2.26. The van der Waals surface area contributed by atoms with Gasteiger partial charge in [-0.2, -0.15) is 0 Å². The second-order valence-electron chi connectivity index (χ2n) is 10.1. The molecule has 5 N–H and O–H groups in total. The molecule has 0 aliphatic rings. The Morgan fingerprint density at radius 2 is 1.45 bits per heavy atom. The molecule has 3 aromatic carbocycles. The molecule has 0 aliphatic heterocycles. The van der Waals surface area contributed by atoms with E-state index in [4.69, 9.17) is 10.5 Å². The number of amides is 3. The molecule has 9 nitrogen and oxygen atoms in total. The van der Waals surface area contributed by atoms with Gasteiger partial charge in [0.25, 0.3) is 5.91 Å². The Balaban J connectivity index is 1.48. The van der Waals surface area contributed by atoms with Crippen LogP contribution in [0.4, 0.5) is 4.39 Å². The van der Waals surface area contributed by atoms with E-state index in [9.17, 15) is 18.8 Å². The first kappa shape index (κ1) is 31.8. The van der Waals surface area contributed by atoms with Gasteiger partial charge in [0.1, 0.15) is 11.6 Å². The van der Waals surface area contributed by atoms with E-state index in [0.29, 0.717) is 40.2 Å². The molecular formula is C34H36FN5O4. The van der Waals surface area contributed by atoms with Crippen molar-refractivity contribution in [2.24, 2.45) is 5.73 Å². The van der Waals surface area contributed by atoms with Crippen LogP contribution in [-0.2, 0) is 22.7 Å². The molecule has 0 aliphatic carbocycles. The molecule has 0 saturated heterocycles.